The number of para-hydroxylation sites is 1. The quantitative estimate of drug-likeness (QED) is 0.244. The van der Waals surface area contributed by atoms with Gasteiger partial charge in [0.05, 0.1) is 38.1 Å². The fourth-order valence-electron chi connectivity index (χ4n) is 4.34. The number of aliphatic carboxylic acids is 2. The molecule has 214 valence electrons. The molecular formula is C27H33N5O8. The predicted molar refractivity (Wildman–Crippen MR) is 145 cm³/mol. The van der Waals surface area contributed by atoms with Crippen LogP contribution in [0.15, 0.2) is 42.5 Å². The molecule has 0 aliphatic carbocycles. The Balaban J connectivity index is 1.52. The number of ether oxygens (including phenoxy) is 1. The summed E-state index contributed by atoms with van der Waals surface area (Å²) in [5.74, 6) is -2.23. The SMILES string of the molecule is COc1cc(CC(=O)N2CCC(NC(=O)NC(CC(=O)O)CC(=O)O)C2)ccc1NC(=O)Nc1ccccc1C. The number of benzene rings is 2. The number of methoxy groups -OCH3 is 1. The van der Waals surface area contributed by atoms with Gasteiger partial charge in [0.1, 0.15) is 5.75 Å². The maximum absolute atomic E-state index is 12.9. The van der Waals surface area contributed by atoms with Crippen LogP contribution in [0, 0.1) is 6.92 Å². The van der Waals surface area contributed by atoms with Gasteiger partial charge in [0.2, 0.25) is 5.91 Å². The van der Waals surface area contributed by atoms with Crippen LogP contribution in [0.3, 0.4) is 0 Å². The zero-order valence-corrected chi connectivity index (χ0v) is 22.2. The predicted octanol–water partition coefficient (Wildman–Crippen LogP) is 2.41. The first-order chi connectivity index (χ1) is 19.0. The lowest BCUT2D eigenvalue weighted by molar-refractivity contribution is -0.139. The minimum absolute atomic E-state index is 0.0737. The van der Waals surface area contributed by atoms with Gasteiger partial charge in [0.15, 0.2) is 0 Å². The normalized spacial score (nSPS) is 14.4. The molecule has 1 aliphatic rings. The number of carbonyl (C=O) groups excluding carboxylic acids is 3. The van der Waals surface area contributed by atoms with E-state index in [2.05, 4.69) is 21.3 Å². The first-order valence-corrected chi connectivity index (χ1v) is 12.6. The number of carboxylic acids is 2. The van der Waals surface area contributed by atoms with Crippen LogP contribution in [0.4, 0.5) is 21.0 Å². The number of nitrogens with zero attached hydrogens (tertiary/aromatic N) is 1. The molecule has 1 heterocycles. The molecule has 0 radical (unpaired) electrons. The topological polar surface area (TPSA) is 186 Å². The largest absolute Gasteiger partial charge is 0.495 e. The molecule has 13 heteroatoms. The van der Waals surface area contributed by atoms with Crippen molar-refractivity contribution in [3.05, 3.63) is 53.6 Å². The average molecular weight is 556 g/mol. The second kappa shape index (κ2) is 13.8. The van der Waals surface area contributed by atoms with Crippen LogP contribution in [-0.2, 0) is 20.8 Å². The summed E-state index contributed by atoms with van der Waals surface area (Å²) in [5, 5.41) is 28.4. The van der Waals surface area contributed by atoms with E-state index in [4.69, 9.17) is 14.9 Å². The van der Waals surface area contributed by atoms with Crippen molar-refractivity contribution in [2.24, 2.45) is 0 Å². The van der Waals surface area contributed by atoms with Gasteiger partial charge in [-0.05, 0) is 42.7 Å². The molecule has 0 bridgehead atoms. The van der Waals surface area contributed by atoms with Crippen molar-refractivity contribution in [1.29, 1.82) is 0 Å². The highest BCUT2D eigenvalue weighted by atomic mass is 16.5. The van der Waals surface area contributed by atoms with E-state index >= 15 is 0 Å². The van der Waals surface area contributed by atoms with Crippen molar-refractivity contribution in [1.82, 2.24) is 15.5 Å². The molecule has 1 unspecified atom stereocenters. The van der Waals surface area contributed by atoms with E-state index in [9.17, 15) is 24.0 Å². The second-order valence-electron chi connectivity index (χ2n) is 9.44. The number of aryl methyl sites for hydroxylation is 1. The van der Waals surface area contributed by atoms with Crippen LogP contribution >= 0.6 is 0 Å². The average Bonchev–Trinajstić information content (AvgIpc) is 3.34. The Kier molecular flexibility index (Phi) is 10.3. The monoisotopic (exact) mass is 555 g/mol. The van der Waals surface area contributed by atoms with E-state index in [0.717, 1.165) is 5.56 Å². The summed E-state index contributed by atoms with van der Waals surface area (Å²) in [6.07, 6.45) is -0.484. The van der Waals surface area contributed by atoms with E-state index in [1.54, 1.807) is 29.2 Å². The maximum atomic E-state index is 12.9. The van der Waals surface area contributed by atoms with E-state index < -0.39 is 42.9 Å². The molecule has 0 saturated carbocycles. The maximum Gasteiger partial charge on any atom is 0.323 e. The van der Waals surface area contributed by atoms with Crippen molar-refractivity contribution < 1.29 is 38.9 Å². The Hall–Kier alpha value is -4.81. The van der Waals surface area contributed by atoms with Crippen LogP contribution in [0.5, 0.6) is 5.75 Å². The summed E-state index contributed by atoms with van der Waals surface area (Å²) in [5.41, 5.74) is 2.70. The van der Waals surface area contributed by atoms with Gasteiger partial charge in [0.25, 0.3) is 0 Å². The minimum Gasteiger partial charge on any atom is -0.495 e. The molecule has 0 aromatic heterocycles. The first kappa shape index (κ1) is 29.7. The summed E-state index contributed by atoms with van der Waals surface area (Å²) < 4.78 is 5.41. The fraction of sp³-hybridized carbons (Fsp3) is 0.370. The number of likely N-dealkylation sites (tertiary alicyclic amines) is 1. The third-order valence-corrected chi connectivity index (χ3v) is 6.32. The lowest BCUT2D eigenvalue weighted by Crippen LogP contribution is -2.48. The highest BCUT2D eigenvalue weighted by Crippen LogP contribution is 2.27. The van der Waals surface area contributed by atoms with Crippen LogP contribution in [0.1, 0.15) is 30.4 Å². The molecule has 1 fully saturated rings. The number of hydrogen-bond acceptors (Lipinski definition) is 6. The molecule has 40 heavy (non-hydrogen) atoms. The highest BCUT2D eigenvalue weighted by Gasteiger charge is 2.28. The Morgan fingerprint density at radius 3 is 2.30 bits per heavy atom. The molecule has 1 atom stereocenters. The van der Waals surface area contributed by atoms with Crippen molar-refractivity contribution in [2.45, 2.75) is 44.7 Å². The van der Waals surface area contributed by atoms with Gasteiger partial charge in [-0.1, -0.05) is 24.3 Å². The van der Waals surface area contributed by atoms with E-state index in [0.29, 0.717) is 35.7 Å². The Morgan fingerprint density at radius 1 is 0.975 bits per heavy atom. The minimum atomic E-state index is -1.23. The molecule has 3 rings (SSSR count). The first-order valence-electron chi connectivity index (χ1n) is 12.6. The van der Waals surface area contributed by atoms with Gasteiger partial charge >= 0.3 is 24.0 Å². The molecule has 5 amide bonds. The summed E-state index contributed by atoms with van der Waals surface area (Å²) >= 11 is 0. The van der Waals surface area contributed by atoms with E-state index in [-0.39, 0.29) is 24.9 Å². The number of nitrogens with one attached hydrogen (secondary N) is 4. The van der Waals surface area contributed by atoms with Crippen molar-refractivity contribution in [2.75, 3.05) is 30.8 Å². The Bertz CT molecular complexity index is 1250. The molecule has 0 spiro atoms. The molecule has 6 N–H and O–H groups in total. The summed E-state index contributed by atoms with van der Waals surface area (Å²) in [6.45, 7) is 2.55. The van der Waals surface area contributed by atoms with Crippen LogP contribution < -0.4 is 26.0 Å². The standard InChI is InChI=1S/C27H33N5O8/c1-16-5-3-4-6-20(16)30-27(39)31-21-8-7-17(11-22(21)40-2)12-23(33)32-10-9-18(15-32)28-26(38)29-19(13-24(34)35)14-25(36)37/h3-8,11,18-19H,9-10,12-15H2,1-2H3,(H,34,35)(H,36,37)(H2,28,29,38)(H2,30,31,39). The van der Waals surface area contributed by atoms with Crippen LogP contribution in [0.25, 0.3) is 0 Å². The number of urea groups is 2. The smallest absolute Gasteiger partial charge is 0.323 e. The van der Waals surface area contributed by atoms with Gasteiger partial charge < -0.3 is 41.1 Å². The zero-order valence-electron chi connectivity index (χ0n) is 22.2. The molecule has 1 saturated heterocycles. The number of hydrogen-bond donors (Lipinski definition) is 6. The van der Waals surface area contributed by atoms with E-state index in [1.165, 1.54) is 7.11 Å². The second-order valence-corrected chi connectivity index (χ2v) is 9.44. The Labute approximate surface area is 230 Å². The molecule has 2 aromatic carbocycles. The summed E-state index contributed by atoms with van der Waals surface area (Å²) in [4.78, 5) is 61.1. The Morgan fingerprint density at radius 2 is 1.65 bits per heavy atom. The van der Waals surface area contributed by atoms with Gasteiger partial charge in [-0.2, -0.15) is 0 Å². The third-order valence-electron chi connectivity index (χ3n) is 6.32. The zero-order chi connectivity index (χ0) is 29.2. The van der Waals surface area contributed by atoms with Crippen molar-refractivity contribution >= 4 is 41.3 Å². The van der Waals surface area contributed by atoms with Crippen molar-refractivity contribution in [3.63, 3.8) is 0 Å². The van der Waals surface area contributed by atoms with Gasteiger partial charge in [0, 0.05) is 24.8 Å². The summed E-state index contributed by atoms with van der Waals surface area (Å²) in [6, 6.07) is 9.87. The molecule has 1 aliphatic heterocycles. The summed E-state index contributed by atoms with van der Waals surface area (Å²) in [7, 11) is 1.46. The number of rotatable bonds is 11. The number of amides is 5. The van der Waals surface area contributed by atoms with E-state index in [1.807, 2.05) is 25.1 Å². The highest BCUT2D eigenvalue weighted by molar-refractivity contribution is 6.01. The van der Waals surface area contributed by atoms with Gasteiger partial charge in [-0.25, -0.2) is 9.59 Å². The van der Waals surface area contributed by atoms with Gasteiger partial charge in [-0.15, -0.1) is 0 Å². The number of carbonyl (C=O) groups is 5. The van der Waals surface area contributed by atoms with Gasteiger partial charge in [-0.3, -0.25) is 14.4 Å². The van der Waals surface area contributed by atoms with Crippen molar-refractivity contribution in [3.8, 4) is 5.75 Å². The fourth-order valence-corrected chi connectivity index (χ4v) is 4.34. The molecule has 2 aromatic rings. The molecular weight excluding hydrogens is 522 g/mol. The van der Waals surface area contributed by atoms with Crippen LogP contribution in [-0.4, -0.2) is 77.3 Å². The third kappa shape index (κ3) is 8.89. The number of anilines is 2. The lowest BCUT2D eigenvalue weighted by Gasteiger charge is -2.20. The van der Waals surface area contributed by atoms with Crippen LogP contribution in [0.2, 0.25) is 0 Å². The molecule has 13 nitrogen and oxygen atoms in total. The number of carboxylic acid groups (broad SMARTS) is 2. The lowest BCUT2D eigenvalue weighted by atomic mass is 10.1.